The Morgan fingerprint density at radius 2 is 1.72 bits per heavy atom. The lowest BCUT2D eigenvalue weighted by molar-refractivity contribution is -0.357. The minimum absolute atomic E-state index is 0.220. The van der Waals surface area contributed by atoms with Crippen LogP contribution < -0.4 is 0 Å². The average molecular weight is 445 g/mol. The van der Waals surface area contributed by atoms with Gasteiger partial charge in [-0.05, 0) is 79.1 Å². The summed E-state index contributed by atoms with van der Waals surface area (Å²) in [6, 6.07) is 0. The molecule has 2 N–H and O–H groups in total. The van der Waals surface area contributed by atoms with Crippen molar-refractivity contribution in [2.75, 3.05) is 0 Å². The first-order valence-electron chi connectivity index (χ1n) is 13.1. The minimum Gasteiger partial charge on any atom is -0.393 e. The molecule has 1 heterocycles. The maximum absolute atomic E-state index is 11.4. The summed E-state index contributed by atoms with van der Waals surface area (Å²) in [5.74, 6) is 2.90. The van der Waals surface area contributed by atoms with Gasteiger partial charge in [0, 0.05) is 11.8 Å². The van der Waals surface area contributed by atoms with Crippen molar-refractivity contribution in [3.8, 4) is 0 Å². The lowest BCUT2D eigenvalue weighted by Gasteiger charge is -2.60. The molecule has 0 unspecified atom stereocenters. The van der Waals surface area contributed by atoms with Crippen LogP contribution in [0, 0.1) is 40.4 Å². The molecule has 4 fully saturated rings. The second-order valence-electron chi connectivity index (χ2n) is 12.8. The van der Waals surface area contributed by atoms with Crippen molar-refractivity contribution in [3.63, 3.8) is 0 Å². The van der Waals surface area contributed by atoms with Gasteiger partial charge in [0.2, 0.25) is 0 Å². The summed E-state index contributed by atoms with van der Waals surface area (Å²) in [4.78, 5) is 12.4. The molecule has 3 saturated carbocycles. The van der Waals surface area contributed by atoms with Gasteiger partial charge < -0.3 is 10.2 Å². The quantitative estimate of drug-likeness (QED) is 0.438. The standard InChI is InChI=1S/C28H44O4/c1-17(2)18(3)7-8-19(4)21-9-10-22-23-15-24(30)28-16-20(29)11-12-26(28,6)27(23,31-32-28)14-13-25(21,22)5/h7-8,15,17-22,24,29-30H,9-14,16H2,1-6H3/t18-,19+,20-,21+,22-,24+,25+,26+,27+,28-/m0/s1. The highest BCUT2D eigenvalue weighted by Gasteiger charge is 2.78. The van der Waals surface area contributed by atoms with E-state index < -0.39 is 23.4 Å². The molecule has 4 heteroatoms. The molecule has 0 aromatic rings. The lowest BCUT2D eigenvalue weighted by atomic mass is 9.44. The average Bonchev–Trinajstić information content (AvgIpc) is 3.18. The van der Waals surface area contributed by atoms with Crippen LogP contribution in [-0.4, -0.2) is 33.6 Å². The maximum Gasteiger partial charge on any atom is 0.144 e. The summed E-state index contributed by atoms with van der Waals surface area (Å²) in [5, 5.41) is 21.8. The Bertz CT molecular complexity index is 818. The highest BCUT2D eigenvalue weighted by atomic mass is 17.2. The summed E-state index contributed by atoms with van der Waals surface area (Å²) in [5.41, 5.74) is -0.0297. The van der Waals surface area contributed by atoms with E-state index >= 15 is 0 Å². The first kappa shape index (κ1) is 23.1. The molecule has 2 bridgehead atoms. The van der Waals surface area contributed by atoms with E-state index in [1.807, 2.05) is 0 Å². The first-order chi connectivity index (χ1) is 15.0. The number of hydrogen-bond acceptors (Lipinski definition) is 4. The van der Waals surface area contributed by atoms with Gasteiger partial charge in [0.05, 0.1) is 6.10 Å². The second-order valence-corrected chi connectivity index (χ2v) is 12.8. The largest absolute Gasteiger partial charge is 0.393 e. The van der Waals surface area contributed by atoms with Crippen molar-refractivity contribution in [1.82, 2.24) is 0 Å². The van der Waals surface area contributed by atoms with Crippen LogP contribution in [0.2, 0.25) is 0 Å². The van der Waals surface area contributed by atoms with Crippen molar-refractivity contribution in [1.29, 1.82) is 0 Å². The zero-order valence-corrected chi connectivity index (χ0v) is 20.9. The Labute approximate surface area is 194 Å². The topological polar surface area (TPSA) is 58.9 Å². The third-order valence-corrected chi connectivity index (χ3v) is 11.2. The Morgan fingerprint density at radius 3 is 2.44 bits per heavy atom. The maximum atomic E-state index is 11.4. The van der Waals surface area contributed by atoms with E-state index in [-0.39, 0.29) is 10.8 Å². The van der Waals surface area contributed by atoms with E-state index in [9.17, 15) is 10.2 Å². The monoisotopic (exact) mass is 444 g/mol. The van der Waals surface area contributed by atoms with Crippen LogP contribution in [0.25, 0.3) is 0 Å². The number of aliphatic hydroxyl groups is 2. The smallest absolute Gasteiger partial charge is 0.144 e. The number of hydrogen-bond donors (Lipinski definition) is 2. The van der Waals surface area contributed by atoms with E-state index in [4.69, 9.17) is 9.78 Å². The molecule has 0 amide bonds. The third kappa shape index (κ3) is 2.76. The van der Waals surface area contributed by atoms with E-state index in [0.717, 1.165) is 32.1 Å². The van der Waals surface area contributed by atoms with Gasteiger partial charge in [0.25, 0.3) is 0 Å². The fraction of sp³-hybridized carbons (Fsp3) is 0.857. The molecular weight excluding hydrogens is 400 g/mol. The predicted molar refractivity (Wildman–Crippen MR) is 126 cm³/mol. The van der Waals surface area contributed by atoms with Gasteiger partial charge in [-0.25, -0.2) is 9.78 Å². The van der Waals surface area contributed by atoms with Gasteiger partial charge in [-0.1, -0.05) is 59.8 Å². The van der Waals surface area contributed by atoms with Gasteiger partial charge >= 0.3 is 0 Å². The molecule has 1 spiro atoms. The Hall–Kier alpha value is -0.680. The molecule has 180 valence electrons. The van der Waals surface area contributed by atoms with Crippen molar-refractivity contribution in [2.24, 2.45) is 40.4 Å². The summed E-state index contributed by atoms with van der Waals surface area (Å²) in [6.07, 6.45) is 12.4. The molecular formula is C28H44O4. The summed E-state index contributed by atoms with van der Waals surface area (Å²) < 4.78 is 0. The highest BCUT2D eigenvalue weighted by Crippen LogP contribution is 2.73. The molecule has 5 aliphatic rings. The van der Waals surface area contributed by atoms with Gasteiger partial charge in [-0.2, -0.15) is 0 Å². The molecule has 0 aromatic carbocycles. The van der Waals surface area contributed by atoms with E-state index in [2.05, 4.69) is 59.8 Å². The van der Waals surface area contributed by atoms with Crippen LogP contribution in [0.5, 0.6) is 0 Å². The predicted octanol–water partition coefficient (Wildman–Crippen LogP) is 5.59. The second kappa shape index (κ2) is 7.41. The molecule has 1 aliphatic heterocycles. The Kier molecular flexibility index (Phi) is 5.34. The molecule has 10 atom stereocenters. The molecule has 4 aliphatic carbocycles. The zero-order valence-electron chi connectivity index (χ0n) is 20.9. The van der Waals surface area contributed by atoms with Crippen molar-refractivity contribution >= 4 is 0 Å². The van der Waals surface area contributed by atoms with Crippen LogP contribution in [-0.2, 0) is 9.78 Å². The van der Waals surface area contributed by atoms with Crippen LogP contribution >= 0.6 is 0 Å². The number of aliphatic hydroxyl groups excluding tert-OH is 2. The molecule has 1 saturated heterocycles. The molecule has 0 radical (unpaired) electrons. The van der Waals surface area contributed by atoms with Crippen molar-refractivity contribution in [3.05, 3.63) is 23.8 Å². The van der Waals surface area contributed by atoms with Crippen LogP contribution in [0.1, 0.15) is 86.5 Å². The Balaban J connectivity index is 1.47. The van der Waals surface area contributed by atoms with Crippen LogP contribution in [0.4, 0.5) is 0 Å². The van der Waals surface area contributed by atoms with Gasteiger partial charge in [-0.3, -0.25) is 0 Å². The summed E-state index contributed by atoms with van der Waals surface area (Å²) in [7, 11) is 0. The van der Waals surface area contributed by atoms with Gasteiger partial charge in [0.15, 0.2) is 0 Å². The van der Waals surface area contributed by atoms with Crippen molar-refractivity contribution in [2.45, 2.75) is 110 Å². The SMILES string of the molecule is CC(C)[C@@H](C)C=C[C@@H](C)[C@H]1CC[C@H]2C3=C[C@@H](O)[C@@]45C[C@@H](O)CC[C@]4(C)[C@]3(CC[C@]12C)OO5. The minimum atomic E-state index is -0.817. The van der Waals surface area contributed by atoms with Crippen LogP contribution in [0.3, 0.4) is 0 Å². The fourth-order valence-electron chi connectivity index (χ4n) is 8.56. The number of allylic oxidation sites excluding steroid dienone is 2. The van der Waals surface area contributed by atoms with E-state index in [1.54, 1.807) is 0 Å². The first-order valence-corrected chi connectivity index (χ1v) is 13.1. The summed E-state index contributed by atoms with van der Waals surface area (Å²) in [6.45, 7) is 14.1. The van der Waals surface area contributed by atoms with Crippen molar-refractivity contribution < 1.29 is 20.0 Å². The molecule has 0 aromatic heterocycles. The molecule has 5 rings (SSSR count). The van der Waals surface area contributed by atoms with Crippen LogP contribution in [0.15, 0.2) is 23.8 Å². The molecule has 4 nitrogen and oxygen atoms in total. The fourth-order valence-corrected chi connectivity index (χ4v) is 8.56. The zero-order chi connectivity index (χ0) is 23.1. The Morgan fingerprint density at radius 1 is 0.969 bits per heavy atom. The van der Waals surface area contributed by atoms with E-state index in [0.29, 0.717) is 36.0 Å². The van der Waals surface area contributed by atoms with E-state index in [1.165, 1.54) is 12.0 Å². The molecule has 32 heavy (non-hydrogen) atoms. The summed E-state index contributed by atoms with van der Waals surface area (Å²) >= 11 is 0. The third-order valence-electron chi connectivity index (χ3n) is 11.2. The normalized spacial score (nSPS) is 51.8. The van der Waals surface area contributed by atoms with Gasteiger partial charge in [-0.15, -0.1) is 0 Å². The lowest BCUT2D eigenvalue weighted by Crippen LogP contribution is -2.67. The number of fused-ring (bicyclic) bond motifs is 2. The van der Waals surface area contributed by atoms with Gasteiger partial charge in [0.1, 0.15) is 17.3 Å². The highest BCUT2D eigenvalue weighted by molar-refractivity contribution is 5.42. The number of rotatable bonds is 4.